The largest absolute Gasteiger partial charge is 0.465 e. The Bertz CT molecular complexity index is 732. The van der Waals surface area contributed by atoms with Gasteiger partial charge in [-0.2, -0.15) is 0 Å². The van der Waals surface area contributed by atoms with Crippen molar-refractivity contribution in [1.29, 1.82) is 0 Å². The Morgan fingerprint density at radius 2 is 1.74 bits per heavy atom. The Balaban J connectivity index is 2.18. The monoisotopic (exact) mass is 334 g/mol. The third-order valence-corrected chi connectivity index (χ3v) is 4.46. The molecule has 0 radical (unpaired) electrons. The maximum absolute atomic E-state index is 6.25. The molecule has 3 rings (SSSR count). The average molecular weight is 336 g/mol. The van der Waals surface area contributed by atoms with Crippen LogP contribution >= 0.6 is 27.5 Å². The first-order chi connectivity index (χ1) is 9.16. The third kappa shape index (κ3) is 2.31. The molecule has 0 saturated heterocycles. The zero-order valence-corrected chi connectivity index (χ0v) is 12.7. The van der Waals surface area contributed by atoms with Gasteiger partial charge < -0.3 is 4.42 Å². The highest BCUT2D eigenvalue weighted by Gasteiger charge is 2.17. The van der Waals surface area contributed by atoms with Gasteiger partial charge in [0, 0.05) is 10.4 Å². The first kappa shape index (κ1) is 12.8. The van der Waals surface area contributed by atoms with Crippen molar-refractivity contribution in [2.24, 2.45) is 0 Å². The van der Waals surface area contributed by atoms with Crippen LogP contribution in [0.5, 0.6) is 0 Å². The highest BCUT2D eigenvalue weighted by atomic mass is 79.9. The van der Waals surface area contributed by atoms with Crippen LogP contribution in [0.2, 0.25) is 5.02 Å². The van der Waals surface area contributed by atoms with E-state index in [1.807, 2.05) is 49.4 Å². The van der Waals surface area contributed by atoms with Gasteiger partial charge in [-0.3, -0.25) is 0 Å². The molecule has 0 aliphatic rings. The molecule has 1 atom stereocenters. The molecule has 3 aromatic rings. The minimum atomic E-state index is 0.0309. The summed E-state index contributed by atoms with van der Waals surface area (Å²) in [7, 11) is 0. The second-order valence-corrected chi connectivity index (χ2v) is 5.82. The van der Waals surface area contributed by atoms with Crippen molar-refractivity contribution in [1.82, 2.24) is 0 Å². The van der Waals surface area contributed by atoms with Crippen molar-refractivity contribution in [2.75, 3.05) is 0 Å². The maximum Gasteiger partial charge on any atom is 0.122 e. The smallest absolute Gasteiger partial charge is 0.122 e. The summed E-state index contributed by atoms with van der Waals surface area (Å²) < 4.78 is 5.70. The van der Waals surface area contributed by atoms with E-state index in [0.717, 1.165) is 32.9 Å². The van der Waals surface area contributed by atoms with Crippen LogP contribution in [0.25, 0.3) is 10.8 Å². The summed E-state index contributed by atoms with van der Waals surface area (Å²) in [5, 5.41) is 2.98. The van der Waals surface area contributed by atoms with Gasteiger partial charge in [0.1, 0.15) is 11.5 Å². The molecule has 0 spiro atoms. The van der Waals surface area contributed by atoms with E-state index in [-0.39, 0.29) is 4.83 Å². The van der Waals surface area contributed by atoms with E-state index in [9.17, 15) is 0 Å². The van der Waals surface area contributed by atoms with Crippen LogP contribution in [0.1, 0.15) is 21.9 Å². The zero-order chi connectivity index (χ0) is 13.4. The van der Waals surface area contributed by atoms with Gasteiger partial charge in [0.25, 0.3) is 0 Å². The zero-order valence-electron chi connectivity index (χ0n) is 10.4. The number of benzene rings is 2. The van der Waals surface area contributed by atoms with E-state index in [4.69, 9.17) is 16.0 Å². The van der Waals surface area contributed by atoms with Crippen LogP contribution in [-0.4, -0.2) is 0 Å². The fourth-order valence-electron chi connectivity index (χ4n) is 2.25. The van der Waals surface area contributed by atoms with Crippen molar-refractivity contribution in [3.63, 3.8) is 0 Å². The minimum absolute atomic E-state index is 0.0309. The Morgan fingerprint density at radius 1 is 1.00 bits per heavy atom. The summed E-state index contributed by atoms with van der Waals surface area (Å²) >= 11 is 9.96. The number of aryl methyl sites for hydroxylation is 1. The molecule has 0 saturated carbocycles. The summed E-state index contributed by atoms with van der Waals surface area (Å²) in [6.45, 7) is 1.95. The van der Waals surface area contributed by atoms with Gasteiger partial charge in [0.05, 0.1) is 4.83 Å². The molecule has 1 nitrogen and oxygen atoms in total. The van der Waals surface area contributed by atoms with Gasteiger partial charge in [-0.05, 0) is 36.1 Å². The van der Waals surface area contributed by atoms with E-state index in [1.165, 1.54) is 0 Å². The Morgan fingerprint density at radius 3 is 2.42 bits per heavy atom. The number of rotatable bonds is 2. The van der Waals surface area contributed by atoms with Crippen LogP contribution in [0.3, 0.4) is 0 Å². The highest BCUT2D eigenvalue weighted by molar-refractivity contribution is 9.09. The van der Waals surface area contributed by atoms with E-state index in [0.29, 0.717) is 0 Å². The van der Waals surface area contributed by atoms with Gasteiger partial charge in [0.2, 0.25) is 0 Å². The van der Waals surface area contributed by atoms with Crippen molar-refractivity contribution >= 4 is 38.3 Å². The van der Waals surface area contributed by atoms with Crippen LogP contribution in [0.15, 0.2) is 52.9 Å². The second kappa shape index (κ2) is 5.03. The molecule has 96 valence electrons. The number of hydrogen-bond donors (Lipinski definition) is 0. The third-order valence-electron chi connectivity index (χ3n) is 3.19. The predicted molar refractivity (Wildman–Crippen MR) is 83.2 cm³/mol. The van der Waals surface area contributed by atoms with Gasteiger partial charge in [-0.1, -0.05) is 57.9 Å². The number of hydrogen-bond acceptors (Lipinski definition) is 1. The summed E-state index contributed by atoms with van der Waals surface area (Å²) in [5.41, 5.74) is 1.16. The number of halogens is 2. The minimum Gasteiger partial charge on any atom is -0.465 e. The number of alkyl halides is 1. The maximum atomic E-state index is 6.25. The lowest BCUT2D eigenvalue weighted by molar-refractivity contribution is 0.492. The molecular weight excluding hydrogens is 324 g/mol. The molecule has 1 heterocycles. The Kier molecular flexibility index (Phi) is 3.38. The molecule has 0 N–H and O–H groups in total. The lowest BCUT2D eigenvalue weighted by Gasteiger charge is -2.12. The fourth-order valence-corrected chi connectivity index (χ4v) is 3.12. The van der Waals surface area contributed by atoms with Gasteiger partial charge in [-0.15, -0.1) is 0 Å². The van der Waals surface area contributed by atoms with E-state index < -0.39 is 0 Å². The SMILES string of the molecule is Cc1ccc(C(Br)c2ccc(Cl)c3ccccc23)o1. The molecule has 1 unspecified atom stereocenters. The first-order valence-corrected chi connectivity index (χ1v) is 7.34. The molecule has 3 heteroatoms. The van der Waals surface area contributed by atoms with Gasteiger partial charge in [-0.25, -0.2) is 0 Å². The Labute approximate surface area is 125 Å². The molecule has 2 aromatic carbocycles. The van der Waals surface area contributed by atoms with E-state index in [2.05, 4.69) is 22.0 Å². The van der Waals surface area contributed by atoms with Gasteiger partial charge in [0.15, 0.2) is 0 Å². The first-order valence-electron chi connectivity index (χ1n) is 6.04. The van der Waals surface area contributed by atoms with E-state index in [1.54, 1.807) is 0 Å². The second-order valence-electron chi connectivity index (χ2n) is 4.49. The van der Waals surface area contributed by atoms with Crippen molar-refractivity contribution < 1.29 is 4.42 Å². The summed E-state index contributed by atoms with van der Waals surface area (Å²) in [4.78, 5) is 0.0309. The van der Waals surface area contributed by atoms with Crippen LogP contribution in [-0.2, 0) is 0 Å². The van der Waals surface area contributed by atoms with Crippen molar-refractivity contribution in [3.05, 3.63) is 70.6 Å². The molecule has 0 aliphatic heterocycles. The van der Waals surface area contributed by atoms with Crippen molar-refractivity contribution in [2.45, 2.75) is 11.8 Å². The van der Waals surface area contributed by atoms with Crippen molar-refractivity contribution in [3.8, 4) is 0 Å². The normalized spacial score (nSPS) is 12.8. The lowest BCUT2D eigenvalue weighted by Crippen LogP contribution is -1.92. The quantitative estimate of drug-likeness (QED) is 0.533. The molecule has 19 heavy (non-hydrogen) atoms. The molecule has 0 fully saturated rings. The molecule has 0 bridgehead atoms. The van der Waals surface area contributed by atoms with Crippen LogP contribution in [0, 0.1) is 6.92 Å². The van der Waals surface area contributed by atoms with Crippen LogP contribution in [0.4, 0.5) is 0 Å². The number of fused-ring (bicyclic) bond motifs is 1. The fraction of sp³-hybridized carbons (Fsp3) is 0.125. The van der Waals surface area contributed by atoms with Gasteiger partial charge >= 0.3 is 0 Å². The summed E-state index contributed by atoms with van der Waals surface area (Å²) in [6, 6.07) is 16.1. The standard InChI is InChI=1S/C16H12BrClO/c1-10-6-9-15(19-10)16(17)13-7-8-14(18)12-5-3-2-4-11(12)13/h2-9,16H,1H3. The Hall–Kier alpha value is -1.25. The topological polar surface area (TPSA) is 13.1 Å². The van der Waals surface area contributed by atoms with Crippen LogP contribution < -0.4 is 0 Å². The summed E-state index contributed by atoms with van der Waals surface area (Å²) in [6.07, 6.45) is 0. The number of furan rings is 1. The van der Waals surface area contributed by atoms with E-state index >= 15 is 0 Å². The predicted octanol–water partition coefficient (Wildman–Crippen LogP) is 5.88. The summed E-state index contributed by atoms with van der Waals surface area (Å²) in [5.74, 6) is 1.82. The molecule has 0 aliphatic carbocycles. The highest BCUT2D eigenvalue weighted by Crippen LogP contribution is 2.38. The molecular formula is C16H12BrClO. The molecule has 0 amide bonds. The average Bonchev–Trinajstić information content (AvgIpc) is 2.86. The molecule has 1 aromatic heterocycles. The lowest BCUT2D eigenvalue weighted by atomic mass is 10.0.